The Bertz CT molecular complexity index is 251. The number of nitrogens with zero attached hydrogens (tertiary/aromatic N) is 1. The molecule has 3 unspecified atom stereocenters. The van der Waals surface area contributed by atoms with Gasteiger partial charge in [0, 0.05) is 25.3 Å². The summed E-state index contributed by atoms with van der Waals surface area (Å²) >= 11 is 0. The first kappa shape index (κ1) is 11.9. The van der Waals surface area contributed by atoms with Crippen molar-refractivity contribution in [2.24, 2.45) is 11.8 Å². The molecule has 98 valence electrons. The van der Waals surface area contributed by atoms with E-state index in [0.29, 0.717) is 11.8 Å². The Kier molecular flexibility index (Phi) is 3.42. The van der Waals surface area contributed by atoms with E-state index in [2.05, 4.69) is 11.9 Å². The molecule has 0 aromatic carbocycles. The molecule has 3 fully saturated rings. The number of aliphatic hydroxyl groups is 1. The summed E-state index contributed by atoms with van der Waals surface area (Å²) in [6.07, 6.45) is 7.16. The van der Waals surface area contributed by atoms with Gasteiger partial charge in [0.2, 0.25) is 0 Å². The summed E-state index contributed by atoms with van der Waals surface area (Å²) in [6.45, 7) is 1.70. The van der Waals surface area contributed by atoms with Gasteiger partial charge in [-0.25, -0.2) is 0 Å². The van der Waals surface area contributed by atoms with Crippen molar-refractivity contribution < 1.29 is 9.84 Å². The second-order valence-electron chi connectivity index (χ2n) is 6.22. The third kappa shape index (κ3) is 2.25. The van der Waals surface area contributed by atoms with E-state index in [1.807, 2.05) is 0 Å². The second kappa shape index (κ2) is 4.87. The number of fused-ring (bicyclic) bond motifs is 2. The lowest BCUT2D eigenvalue weighted by atomic mass is 9.79. The molecule has 0 aliphatic carbocycles. The number of ether oxygens (including phenoxy) is 1. The Morgan fingerprint density at radius 1 is 1.00 bits per heavy atom. The molecule has 2 bridgehead atoms. The topological polar surface area (TPSA) is 32.7 Å². The Morgan fingerprint density at radius 2 is 1.59 bits per heavy atom. The van der Waals surface area contributed by atoms with Gasteiger partial charge in [-0.05, 0) is 57.4 Å². The third-order valence-corrected chi connectivity index (χ3v) is 5.37. The van der Waals surface area contributed by atoms with Gasteiger partial charge in [0.1, 0.15) is 0 Å². The number of piperidine rings is 1. The largest absolute Gasteiger partial charge is 0.393 e. The summed E-state index contributed by atoms with van der Waals surface area (Å²) < 4.78 is 5.39. The highest BCUT2D eigenvalue weighted by molar-refractivity contribution is 4.96. The lowest BCUT2D eigenvalue weighted by Gasteiger charge is -2.41. The van der Waals surface area contributed by atoms with Crippen LogP contribution < -0.4 is 0 Å². The summed E-state index contributed by atoms with van der Waals surface area (Å²) in [5, 5.41) is 10.6. The fourth-order valence-electron chi connectivity index (χ4n) is 4.17. The Hall–Kier alpha value is -0.120. The lowest BCUT2D eigenvalue weighted by molar-refractivity contribution is -0.0393. The number of hydrogen-bond donors (Lipinski definition) is 1. The summed E-state index contributed by atoms with van der Waals surface area (Å²) in [5.41, 5.74) is 0. The van der Waals surface area contributed by atoms with Gasteiger partial charge >= 0.3 is 0 Å². The van der Waals surface area contributed by atoms with Crippen molar-refractivity contribution >= 4 is 0 Å². The van der Waals surface area contributed by atoms with Crippen molar-refractivity contribution in [1.82, 2.24) is 4.90 Å². The highest BCUT2D eigenvalue weighted by atomic mass is 16.5. The summed E-state index contributed by atoms with van der Waals surface area (Å²) in [6, 6.07) is 1.49. The fourth-order valence-corrected chi connectivity index (χ4v) is 4.17. The van der Waals surface area contributed by atoms with Crippen LogP contribution in [-0.4, -0.2) is 48.5 Å². The zero-order valence-corrected chi connectivity index (χ0v) is 10.8. The van der Waals surface area contributed by atoms with Crippen molar-refractivity contribution in [3.05, 3.63) is 0 Å². The molecule has 0 saturated carbocycles. The van der Waals surface area contributed by atoms with Gasteiger partial charge in [0.15, 0.2) is 0 Å². The number of rotatable bonds is 2. The molecular formula is C14H25NO2. The molecular weight excluding hydrogens is 214 g/mol. The van der Waals surface area contributed by atoms with Crippen LogP contribution in [0.15, 0.2) is 0 Å². The minimum Gasteiger partial charge on any atom is -0.393 e. The predicted molar refractivity (Wildman–Crippen MR) is 66.8 cm³/mol. The van der Waals surface area contributed by atoms with Crippen LogP contribution in [0.5, 0.6) is 0 Å². The summed E-state index contributed by atoms with van der Waals surface area (Å²) in [5.74, 6) is 1.04. The van der Waals surface area contributed by atoms with Crippen LogP contribution in [0.4, 0.5) is 0 Å². The fraction of sp³-hybridized carbons (Fsp3) is 1.00. The van der Waals surface area contributed by atoms with Crippen LogP contribution in [-0.2, 0) is 4.74 Å². The van der Waals surface area contributed by atoms with E-state index in [9.17, 15) is 5.11 Å². The second-order valence-corrected chi connectivity index (χ2v) is 6.22. The van der Waals surface area contributed by atoms with Gasteiger partial charge < -0.3 is 14.7 Å². The average Bonchev–Trinajstić information content (AvgIpc) is 2.61. The highest BCUT2D eigenvalue weighted by Gasteiger charge is 2.42. The van der Waals surface area contributed by atoms with Crippen LogP contribution in [0.2, 0.25) is 0 Å². The normalized spacial score (nSPS) is 41.6. The zero-order chi connectivity index (χ0) is 11.8. The summed E-state index contributed by atoms with van der Waals surface area (Å²) in [4.78, 5) is 2.55. The molecule has 0 spiro atoms. The molecule has 3 aliphatic heterocycles. The summed E-state index contributed by atoms with van der Waals surface area (Å²) in [7, 11) is 2.26. The van der Waals surface area contributed by atoms with E-state index in [1.165, 1.54) is 25.7 Å². The molecule has 0 aromatic heterocycles. The molecule has 3 nitrogen and oxygen atoms in total. The van der Waals surface area contributed by atoms with Crippen molar-refractivity contribution in [2.75, 3.05) is 20.3 Å². The molecule has 3 heteroatoms. The van der Waals surface area contributed by atoms with Crippen molar-refractivity contribution in [2.45, 2.75) is 56.7 Å². The molecule has 3 aliphatic rings. The van der Waals surface area contributed by atoms with Crippen LogP contribution in [0.1, 0.15) is 38.5 Å². The molecule has 0 amide bonds. The first-order valence-electron chi connectivity index (χ1n) is 7.23. The van der Waals surface area contributed by atoms with Crippen LogP contribution >= 0.6 is 0 Å². The average molecular weight is 239 g/mol. The Balaban J connectivity index is 1.61. The molecule has 3 atom stereocenters. The molecule has 0 aromatic rings. The van der Waals surface area contributed by atoms with E-state index >= 15 is 0 Å². The van der Waals surface area contributed by atoms with Crippen LogP contribution in [0.25, 0.3) is 0 Å². The minimum absolute atomic E-state index is 0.0734. The van der Waals surface area contributed by atoms with Crippen molar-refractivity contribution in [1.29, 1.82) is 0 Å². The lowest BCUT2D eigenvalue weighted by Crippen LogP contribution is -2.45. The minimum atomic E-state index is -0.0734. The van der Waals surface area contributed by atoms with Gasteiger partial charge in [-0.3, -0.25) is 0 Å². The molecule has 0 radical (unpaired) electrons. The van der Waals surface area contributed by atoms with E-state index in [-0.39, 0.29) is 6.10 Å². The van der Waals surface area contributed by atoms with Gasteiger partial charge in [-0.15, -0.1) is 0 Å². The molecule has 3 rings (SSSR count). The standard InChI is InChI=1S/C14H25NO2/c1-15-12-2-3-13(15)9-11(8-12)14(16)10-4-6-17-7-5-10/h10-14,16H,2-9H2,1H3. The first-order valence-corrected chi connectivity index (χ1v) is 7.23. The van der Waals surface area contributed by atoms with Crippen LogP contribution in [0.3, 0.4) is 0 Å². The smallest absolute Gasteiger partial charge is 0.0599 e. The quantitative estimate of drug-likeness (QED) is 0.795. The Morgan fingerprint density at radius 3 is 2.18 bits per heavy atom. The molecule has 3 saturated heterocycles. The van der Waals surface area contributed by atoms with E-state index in [0.717, 1.165) is 38.1 Å². The molecule has 3 heterocycles. The maximum Gasteiger partial charge on any atom is 0.0599 e. The van der Waals surface area contributed by atoms with Gasteiger partial charge in [-0.1, -0.05) is 0 Å². The van der Waals surface area contributed by atoms with Gasteiger partial charge in [0.05, 0.1) is 6.10 Å². The van der Waals surface area contributed by atoms with Crippen LogP contribution in [0, 0.1) is 11.8 Å². The van der Waals surface area contributed by atoms with E-state index in [4.69, 9.17) is 4.74 Å². The third-order valence-electron chi connectivity index (χ3n) is 5.37. The number of aliphatic hydroxyl groups excluding tert-OH is 1. The molecule has 17 heavy (non-hydrogen) atoms. The van der Waals surface area contributed by atoms with Crippen molar-refractivity contribution in [3.63, 3.8) is 0 Å². The van der Waals surface area contributed by atoms with Gasteiger partial charge in [-0.2, -0.15) is 0 Å². The highest BCUT2D eigenvalue weighted by Crippen LogP contribution is 2.41. The molecule has 1 N–H and O–H groups in total. The first-order chi connectivity index (χ1) is 8.25. The van der Waals surface area contributed by atoms with E-state index < -0.39 is 0 Å². The zero-order valence-electron chi connectivity index (χ0n) is 10.8. The Labute approximate surface area is 104 Å². The number of hydrogen-bond acceptors (Lipinski definition) is 3. The monoisotopic (exact) mass is 239 g/mol. The maximum absolute atomic E-state index is 10.6. The maximum atomic E-state index is 10.6. The predicted octanol–water partition coefficient (Wildman–Crippen LogP) is 1.65. The van der Waals surface area contributed by atoms with E-state index in [1.54, 1.807) is 0 Å². The SMILES string of the molecule is CN1C2CCC1CC(C(O)C1CCOCC1)C2. The van der Waals surface area contributed by atoms with Crippen molar-refractivity contribution in [3.8, 4) is 0 Å². The van der Waals surface area contributed by atoms with Gasteiger partial charge in [0.25, 0.3) is 0 Å².